The maximum absolute atomic E-state index is 3.32. The van der Waals surface area contributed by atoms with E-state index in [0.717, 1.165) is 16.9 Å². The molecule has 14 aromatic carbocycles. The molecule has 2 aromatic heterocycles. The minimum atomic E-state index is -3.32. The highest BCUT2D eigenvalue weighted by atomic mass is 28.3. The smallest absolute Gasteiger partial charge is 0.179 e. The Morgan fingerprint density at radius 3 is 1.05 bits per heavy atom. The molecule has 378 valence electrons. The SMILES string of the molecule is c1ccc(-c2cccc([Si](c3cccc(-c4ccccc4)c3)(c3cccc(-c4ccccc4)c3)c3cccc(-n4c5cc(-n6c7ccccc7c7ccccc76)ccc5c5c6c7ccccc7c7ccccc7c6ccc54)c3)c2)cc1. The van der Waals surface area contributed by atoms with E-state index < -0.39 is 8.07 Å². The Labute approximate surface area is 471 Å². The number of hydrogen-bond acceptors (Lipinski definition) is 0. The maximum Gasteiger partial charge on any atom is 0.179 e. The Balaban J connectivity index is 1.04. The highest BCUT2D eigenvalue weighted by Gasteiger charge is 2.42. The normalized spacial score (nSPS) is 12.0. The third-order valence-corrected chi connectivity index (χ3v) is 21.9. The molecule has 0 bridgehead atoms. The number of nitrogens with zero attached hydrogens (tertiary/aromatic N) is 2. The van der Waals surface area contributed by atoms with Gasteiger partial charge in [0.05, 0.1) is 22.1 Å². The number of para-hydroxylation sites is 2. The number of hydrogen-bond donors (Lipinski definition) is 0. The first-order valence-electron chi connectivity index (χ1n) is 28.1. The molecule has 0 aliphatic carbocycles. The zero-order chi connectivity index (χ0) is 53.4. The lowest BCUT2D eigenvalue weighted by Gasteiger charge is -2.35. The second-order valence-corrected chi connectivity index (χ2v) is 25.3. The average molecular weight is 1050 g/mol. The predicted octanol–water partition coefficient (Wildman–Crippen LogP) is 17.7. The van der Waals surface area contributed by atoms with Crippen LogP contribution in [0.3, 0.4) is 0 Å². The van der Waals surface area contributed by atoms with E-state index >= 15 is 0 Å². The molecule has 0 fully saturated rings. The van der Waals surface area contributed by atoms with Crippen molar-refractivity contribution in [2.24, 2.45) is 0 Å². The molecule has 16 rings (SSSR count). The van der Waals surface area contributed by atoms with E-state index in [1.54, 1.807) is 0 Å². The number of fused-ring (bicyclic) bond motifs is 13. The maximum atomic E-state index is 2.58. The molecule has 2 heterocycles. The van der Waals surface area contributed by atoms with Gasteiger partial charge >= 0.3 is 0 Å². The minimum absolute atomic E-state index is 1.12. The Bertz CT molecular complexity index is 4820. The van der Waals surface area contributed by atoms with Crippen LogP contribution in [-0.4, -0.2) is 17.2 Å². The van der Waals surface area contributed by atoms with Gasteiger partial charge in [-0.3, -0.25) is 0 Å². The fourth-order valence-corrected chi connectivity index (χ4v) is 18.5. The van der Waals surface area contributed by atoms with Crippen molar-refractivity contribution >= 4 is 105 Å². The summed E-state index contributed by atoms with van der Waals surface area (Å²) in [4.78, 5) is 0. The molecule has 0 radical (unpaired) electrons. The van der Waals surface area contributed by atoms with Crippen LogP contribution in [0.2, 0.25) is 0 Å². The van der Waals surface area contributed by atoms with E-state index in [9.17, 15) is 0 Å². The second-order valence-electron chi connectivity index (χ2n) is 21.5. The highest BCUT2D eigenvalue weighted by molar-refractivity contribution is 7.20. The fraction of sp³-hybridized carbons (Fsp3) is 0. The van der Waals surface area contributed by atoms with Crippen LogP contribution in [0.15, 0.2) is 315 Å². The molecule has 0 amide bonds. The van der Waals surface area contributed by atoms with Gasteiger partial charge in [0.2, 0.25) is 0 Å². The summed E-state index contributed by atoms with van der Waals surface area (Å²) in [5, 5.41) is 17.8. The summed E-state index contributed by atoms with van der Waals surface area (Å²) in [5.74, 6) is 0. The van der Waals surface area contributed by atoms with E-state index in [0.29, 0.717) is 0 Å². The van der Waals surface area contributed by atoms with Crippen LogP contribution < -0.4 is 20.7 Å². The van der Waals surface area contributed by atoms with Gasteiger partial charge in [0, 0.05) is 38.3 Å². The molecule has 3 heteroatoms. The summed E-state index contributed by atoms with van der Waals surface area (Å²) >= 11 is 0. The fourth-order valence-electron chi connectivity index (χ4n) is 13.7. The van der Waals surface area contributed by atoms with Gasteiger partial charge in [-0.05, 0) is 124 Å². The topological polar surface area (TPSA) is 9.86 Å². The molecule has 2 nitrogen and oxygen atoms in total. The second kappa shape index (κ2) is 19.0. The number of rotatable bonds is 9. The van der Waals surface area contributed by atoms with Crippen molar-refractivity contribution in [1.29, 1.82) is 0 Å². The molecule has 16 aromatic rings. The van der Waals surface area contributed by atoms with Crippen molar-refractivity contribution in [2.45, 2.75) is 0 Å². The summed E-state index contributed by atoms with van der Waals surface area (Å²) in [6.07, 6.45) is 0. The summed E-state index contributed by atoms with van der Waals surface area (Å²) in [7, 11) is -3.32. The number of benzene rings is 14. The first kappa shape index (κ1) is 46.7. The summed E-state index contributed by atoms with van der Waals surface area (Å²) in [6, 6.07) is 118. The summed E-state index contributed by atoms with van der Waals surface area (Å²) < 4.78 is 5.04. The van der Waals surface area contributed by atoms with E-state index in [2.05, 4.69) is 325 Å². The lowest BCUT2D eigenvalue weighted by atomic mass is 9.92. The molecule has 81 heavy (non-hydrogen) atoms. The average Bonchev–Trinajstić information content (AvgIpc) is 4.19. The Morgan fingerprint density at radius 1 is 0.185 bits per heavy atom. The number of aromatic nitrogens is 2. The molecular formula is C78H52N2Si. The molecule has 0 unspecified atom stereocenters. The minimum Gasteiger partial charge on any atom is -0.309 e. The molecule has 0 atom stereocenters. The first-order chi connectivity index (χ1) is 40.2. The molecule has 0 aliphatic heterocycles. The summed E-state index contributed by atoms with van der Waals surface area (Å²) in [6.45, 7) is 0. The third kappa shape index (κ3) is 7.40. The van der Waals surface area contributed by atoms with Gasteiger partial charge in [-0.2, -0.15) is 0 Å². The Morgan fingerprint density at radius 2 is 0.543 bits per heavy atom. The van der Waals surface area contributed by atoms with E-state index in [4.69, 9.17) is 0 Å². The van der Waals surface area contributed by atoms with Crippen LogP contribution in [0.25, 0.3) is 121 Å². The van der Waals surface area contributed by atoms with Gasteiger partial charge < -0.3 is 9.13 Å². The van der Waals surface area contributed by atoms with Crippen molar-refractivity contribution in [3.8, 4) is 44.8 Å². The van der Waals surface area contributed by atoms with Crippen LogP contribution in [0, 0.1) is 0 Å². The van der Waals surface area contributed by atoms with Gasteiger partial charge in [0.1, 0.15) is 0 Å². The van der Waals surface area contributed by atoms with Crippen molar-refractivity contribution in [1.82, 2.24) is 9.13 Å². The Hall–Kier alpha value is -10.3. The molecule has 0 N–H and O–H groups in total. The monoisotopic (exact) mass is 1040 g/mol. The van der Waals surface area contributed by atoms with Crippen LogP contribution in [-0.2, 0) is 0 Å². The third-order valence-electron chi connectivity index (χ3n) is 17.2. The standard InChI is InChI=1S/C78H52N2Si/c1-4-22-53(23-5-1)56-28-18-32-61(48-56)81(62-33-19-29-57(49-62)54-24-6-2-7-25-54,63-34-20-30-58(50-63)55-26-8-3-9-27-55)64-35-21-31-59(51-64)80-75-47-46-71-67-38-11-10-36-65(67)66-37-12-13-41-70(66)77(71)78(75)72-45-44-60(52-76(72)80)79-73-42-16-14-39-68(73)69-40-15-17-43-74(69)79/h1-52H. The largest absolute Gasteiger partial charge is 0.309 e. The lowest BCUT2D eigenvalue weighted by Crippen LogP contribution is -2.74. The van der Waals surface area contributed by atoms with Gasteiger partial charge in [-0.15, -0.1) is 0 Å². The quantitative estimate of drug-likeness (QED) is 0.0775. The predicted molar refractivity (Wildman–Crippen MR) is 348 cm³/mol. The van der Waals surface area contributed by atoms with Crippen molar-refractivity contribution in [3.05, 3.63) is 315 Å². The van der Waals surface area contributed by atoms with Gasteiger partial charge in [-0.1, -0.05) is 273 Å². The Kier molecular flexibility index (Phi) is 10.9. The van der Waals surface area contributed by atoms with Crippen LogP contribution in [0.1, 0.15) is 0 Å². The zero-order valence-electron chi connectivity index (χ0n) is 44.4. The van der Waals surface area contributed by atoms with Crippen LogP contribution in [0.5, 0.6) is 0 Å². The molecule has 0 aliphatic rings. The molecule has 0 saturated heterocycles. The van der Waals surface area contributed by atoms with Crippen molar-refractivity contribution in [3.63, 3.8) is 0 Å². The van der Waals surface area contributed by atoms with E-state index in [1.807, 2.05) is 0 Å². The highest BCUT2D eigenvalue weighted by Crippen LogP contribution is 2.44. The lowest BCUT2D eigenvalue weighted by molar-refractivity contribution is 1.16. The molecule has 0 spiro atoms. The van der Waals surface area contributed by atoms with Crippen LogP contribution >= 0.6 is 0 Å². The molecular weight excluding hydrogens is 993 g/mol. The van der Waals surface area contributed by atoms with E-state index in [-0.39, 0.29) is 0 Å². The summed E-state index contributed by atoms with van der Waals surface area (Å²) in [5.41, 5.74) is 14.1. The van der Waals surface area contributed by atoms with Gasteiger partial charge in [-0.25, -0.2) is 0 Å². The molecule has 0 saturated carbocycles. The van der Waals surface area contributed by atoms with Crippen molar-refractivity contribution in [2.75, 3.05) is 0 Å². The van der Waals surface area contributed by atoms with E-state index in [1.165, 1.54) is 125 Å². The zero-order valence-corrected chi connectivity index (χ0v) is 45.4. The van der Waals surface area contributed by atoms with Gasteiger partial charge in [0.25, 0.3) is 0 Å². The van der Waals surface area contributed by atoms with Crippen molar-refractivity contribution < 1.29 is 0 Å². The van der Waals surface area contributed by atoms with Crippen LogP contribution in [0.4, 0.5) is 0 Å². The van der Waals surface area contributed by atoms with Gasteiger partial charge in [0.15, 0.2) is 8.07 Å². The first-order valence-corrected chi connectivity index (χ1v) is 30.1.